The molecule has 0 saturated heterocycles. The molecule has 4 heteroatoms. The predicted octanol–water partition coefficient (Wildman–Crippen LogP) is 15.0. The summed E-state index contributed by atoms with van der Waals surface area (Å²) in [6.07, 6.45) is -0.818. The Morgan fingerprint density at radius 2 is 1.35 bits per heavy atom. The number of aryl methyl sites for hydroxylation is 1. The number of aromatic nitrogens is 3. The summed E-state index contributed by atoms with van der Waals surface area (Å²) in [5, 5.41) is 13.0. The van der Waals surface area contributed by atoms with Gasteiger partial charge in [0.15, 0.2) is 0 Å². The van der Waals surface area contributed by atoms with Gasteiger partial charge in [-0.1, -0.05) is 152 Å². The van der Waals surface area contributed by atoms with Crippen molar-refractivity contribution in [1.29, 1.82) is 0 Å². The first-order valence-corrected chi connectivity index (χ1v) is 18.6. The molecule has 0 aliphatic rings. The van der Waals surface area contributed by atoms with Crippen LogP contribution in [0.15, 0.2) is 139 Å². The molecule has 60 heavy (non-hydrogen) atoms. The van der Waals surface area contributed by atoms with Crippen molar-refractivity contribution >= 4 is 11.0 Å². The van der Waals surface area contributed by atoms with E-state index >= 15 is 0 Å². The van der Waals surface area contributed by atoms with Crippen molar-refractivity contribution in [2.24, 2.45) is 0 Å². The van der Waals surface area contributed by atoms with Gasteiger partial charge >= 0.3 is 0 Å². The number of imidazole rings is 1. The molecule has 8 aromatic rings. The van der Waals surface area contributed by atoms with Crippen LogP contribution >= 0.6 is 0 Å². The summed E-state index contributed by atoms with van der Waals surface area (Å²) in [5.41, 5.74) is -15.6. The van der Waals surface area contributed by atoms with Crippen LogP contribution in [0.1, 0.15) is 132 Å². The predicted molar refractivity (Wildman–Crippen MR) is 253 cm³/mol. The number of phenols is 1. The van der Waals surface area contributed by atoms with Gasteiger partial charge < -0.3 is 5.11 Å². The largest absolute Gasteiger partial charge is 0.507 e. The molecule has 8 rings (SSSR count). The molecule has 0 unspecified atom stereocenters. The molecule has 0 aliphatic carbocycles. The van der Waals surface area contributed by atoms with E-state index in [0.29, 0.717) is 17.2 Å². The van der Waals surface area contributed by atoms with Crippen LogP contribution in [0.3, 0.4) is 0 Å². The molecule has 0 amide bonds. The van der Waals surface area contributed by atoms with Crippen molar-refractivity contribution < 1.29 is 47.6 Å². The van der Waals surface area contributed by atoms with Crippen LogP contribution in [-0.2, 0) is 16.2 Å². The lowest BCUT2D eigenvalue weighted by Crippen LogP contribution is -2.17. The lowest BCUT2D eigenvalue weighted by atomic mass is 9.79. The van der Waals surface area contributed by atoms with E-state index in [0.717, 1.165) is 4.57 Å². The Morgan fingerprint density at radius 3 is 2.07 bits per heavy atom. The Balaban J connectivity index is 1.61. The topological polar surface area (TPSA) is 50.9 Å². The zero-order chi connectivity index (χ0) is 68.8. The lowest BCUT2D eigenvalue weighted by Gasteiger charge is -2.27. The van der Waals surface area contributed by atoms with E-state index in [1.165, 1.54) is 42.5 Å². The van der Waals surface area contributed by atoms with E-state index in [1.807, 2.05) is 0 Å². The normalized spacial score (nSPS) is 21.6. The maximum atomic E-state index is 13.0. The van der Waals surface area contributed by atoms with Crippen molar-refractivity contribution in [3.63, 3.8) is 0 Å². The summed E-state index contributed by atoms with van der Waals surface area (Å²) in [6.45, 7) is -26.2. The van der Waals surface area contributed by atoms with Crippen molar-refractivity contribution in [1.82, 2.24) is 14.5 Å². The molecule has 4 nitrogen and oxygen atoms in total. The molecule has 1 N–H and O–H groups in total. The van der Waals surface area contributed by atoms with Crippen LogP contribution in [0.4, 0.5) is 0 Å². The maximum Gasteiger partial charge on any atom is 0.149 e. The number of aromatic hydroxyl groups is 1. The summed E-state index contributed by atoms with van der Waals surface area (Å²) in [7, 11) is 0. The fourth-order valence-electron chi connectivity index (χ4n) is 6.99. The lowest BCUT2D eigenvalue weighted by molar-refractivity contribution is 0.446. The molecule has 0 atom stereocenters. The Labute approximate surface area is 400 Å². The first-order valence-electron chi connectivity index (χ1n) is 34.1. The van der Waals surface area contributed by atoms with Crippen LogP contribution < -0.4 is 0 Å². The van der Waals surface area contributed by atoms with Crippen molar-refractivity contribution in [2.75, 3.05) is 0 Å². The van der Waals surface area contributed by atoms with E-state index in [9.17, 15) is 6.48 Å². The van der Waals surface area contributed by atoms with Gasteiger partial charge in [0.1, 0.15) is 11.6 Å². The molecule has 0 radical (unpaired) electrons. The molecule has 0 aliphatic heterocycles. The average Bonchev–Trinajstić information content (AvgIpc) is 1.09. The van der Waals surface area contributed by atoms with Crippen molar-refractivity contribution in [3.8, 4) is 67.5 Å². The van der Waals surface area contributed by atoms with Gasteiger partial charge in [-0.2, -0.15) is 0 Å². The number of hydrogen-bond donors (Lipinski definition) is 1. The number of hydrogen-bond acceptors (Lipinski definition) is 3. The van der Waals surface area contributed by atoms with Gasteiger partial charge in [-0.15, -0.1) is 0 Å². The molecule has 0 spiro atoms. The highest BCUT2D eigenvalue weighted by Crippen LogP contribution is 2.45. The monoisotopic (exact) mass is 819 g/mol. The first kappa shape index (κ1) is 17.8. The fourth-order valence-corrected chi connectivity index (χ4v) is 6.99. The molecule has 6 aromatic carbocycles. The average molecular weight is 819 g/mol. The summed E-state index contributed by atoms with van der Waals surface area (Å²) in [4.78, 5) is 9.22. The molecule has 0 fully saturated rings. The summed E-state index contributed by atoms with van der Waals surface area (Å²) in [6, 6.07) is 16.4. The number of fused-ring (bicyclic) bond motifs is 1. The standard InChI is InChI=1S/C56H57N3O/c1-35-20-22-37(23-21-35)39-26-27-57-49(32-39)41-29-40(30-42(31-41)54(3,4)5)46-18-15-19-50-51(46)58-53(47-33-43(55(6,7)8)34-48(52(47)60)56(9,10)11)59(50)44-24-25-45(36(2)28-44)38-16-13-12-14-17-38/h12-34,60H,1-11H3/i1D3,2D3,6D3,7D3,8D3,9D3,10D3,11D3,20D,21D,22D,23D,26D,27D,32D. The minimum Gasteiger partial charge on any atom is -0.507 e. The smallest absolute Gasteiger partial charge is 0.149 e. The quantitative estimate of drug-likeness (QED) is 0.182. The van der Waals surface area contributed by atoms with Gasteiger partial charge in [0, 0.05) is 61.4 Å². The van der Waals surface area contributed by atoms with Crippen molar-refractivity contribution in [3.05, 3.63) is 167 Å². The van der Waals surface area contributed by atoms with Crippen LogP contribution in [0.25, 0.3) is 72.7 Å². The molecule has 0 bridgehead atoms. The van der Waals surface area contributed by atoms with Gasteiger partial charge in [0.25, 0.3) is 0 Å². The molecule has 302 valence electrons. The van der Waals surface area contributed by atoms with E-state index in [-0.39, 0.29) is 56.3 Å². The van der Waals surface area contributed by atoms with Crippen LogP contribution in [-0.4, -0.2) is 19.6 Å². The van der Waals surface area contributed by atoms with Gasteiger partial charge in [-0.25, -0.2) is 4.98 Å². The molecule has 2 heterocycles. The number of rotatable bonds is 6. The highest BCUT2D eigenvalue weighted by atomic mass is 16.3. The maximum absolute atomic E-state index is 13.0. The second-order valence-corrected chi connectivity index (χ2v) is 15.5. The Morgan fingerprint density at radius 1 is 0.600 bits per heavy atom. The molecular formula is C56H57N3O. The SMILES string of the molecule is [2H]c1nc(-c2cc(-c3cccc4c3nc(-c3cc(C(C([2H])([2H])[2H])(C([2H])([2H])[2H])C([2H])([2H])[2H])cc(C(C([2H])([2H])[2H])(C([2H])([2H])[2H])C([2H])([2H])[2H])c3O)n4-c3ccc(-c4ccccc4)c(C([2H])([2H])[2H])c3)cc(C(C)(C)C)c2)c([2H])c(-c2c([2H])c([2H])c(C([2H])([2H])[2H])c([2H])c2[2H])c1[2H]. The third-order valence-electron chi connectivity index (χ3n) is 10.1. The van der Waals surface area contributed by atoms with E-state index in [1.54, 1.807) is 63.2 Å². The molecule has 2 aromatic heterocycles. The minimum atomic E-state index is -4.32. The third kappa shape index (κ3) is 7.79. The Hall–Kier alpha value is -6.26. The van der Waals surface area contributed by atoms with Gasteiger partial charge in [-0.3, -0.25) is 9.55 Å². The fraction of sp³-hybridized carbons (Fsp3) is 0.250. The number of nitrogens with zero attached hydrogens (tertiary/aromatic N) is 3. The van der Waals surface area contributed by atoms with Crippen molar-refractivity contribution in [2.45, 2.75) is 91.8 Å². The van der Waals surface area contributed by atoms with Crippen LogP contribution in [0, 0.1) is 13.7 Å². The zero-order valence-electron chi connectivity index (χ0n) is 63.5. The van der Waals surface area contributed by atoms with Gasteiger partial charge in [0.05, 0.1) is 31.9 Å². The Kier molecular flexibility index (Phi) is 4.47. The van der Waals surface area contributed by atoms with Gasteiger partial charge in [-0.05, 0) is 123 Å². The number of pyridine rings is 1. The number of benzene rings is 6. The summed E-state index contributed by atoms with van der Waals surface area (Å²) >= 11 is 0. The zero-order valence-corrected chi connectivity index (χ0v) is 32.5. The molecule has 0 saturated carbocycles. The highest BCUT2D eigenvalue weighted by molar-refractivity contribution is 5.97. The summed E-state index contributed by atoms with van der Waals surface area (Å²) < 4.78 is 271. The number of phenolic OH excluding ortho intramolecular Hbond substituents is 1. The second-order valence-electron chi connectivity index (χ2n) is 15.5. The minimum absolute atomic E-state index is 0.00711. The van der Waals surface area contributed by atoms with E-state index < -0.39 is 158 Å². The van der Waals surface area contributed by atoms with Crippen LogP contribution in [0.5, 0.6) is 5.75 Å². The highest BCUT2D eigenvalue weighted by Gasteiger charge is 2.29. The molecular weight excluding hydrogens is 731 g/mol. The first-order chi connectivity index (χ1) is 41.2. The third-order valence-corrected chi connectivity index (χ3v) is 10.1. The second kappa shape index (κ2) is 15.1. The van der Waals surface area contributed by atoms with Gasteiger partial charge in [0.2, 0.25) is 0 Å². The van der Waals surface area contributed by atoms with Crippen LogP contribution in [0.2, 0.25) is 0 Å². The van der Waals surface area contributed by atoms with E-state index in [2.05, 4.69) is 4.98 Å². The number of para-hydroxylation sites is 1. The summed E-state index contributed by atoms with van der Waals surface area (Å²) in [5.74, 6) is -2.34. The Bertz CT molecular complexity index is 4090. The van der Waals surface area contributed by atoms with E-state index in [4.69, 9.17) is 46.1 Å².